The highest BCUT2D eigenvalue weighted by Gasteiger charge is 2.17. The predicted molar refractivity (Wildman–Crippen MR) is 123 cm³/mol. The van der Waals surface area contributed by atoms with Crippen LogP contribution in [0.1, 0.15) is 0 Å². The van der Waals surface area contributed by atoms with E-state index in [1.54, 1.807) is 30.8 Å². The number of nitrogens with zero attached hydrogens (tertiary/aromatic N) is 2. The van der Waals surface area contributed by atoms with Gasteiger partial charge in [-0.05, 0) is 66.8 Å². The molecule has 3 heterocycles. The molecule has 0 fully saturated rings. The van der Waals surface area contributed by atoms with Crippen LogP contribution in [0.15, 0.2) is 101 Å². The zero-order valence-corrected chi connectivity index (χ0v) is 16.8. The molecule has 0 aliphatic rings. The summed E-state index contributed by atoms with van der Waals surface area (Å²) >= 11 is 5.37. The van der Waals surface area contributed by atoms with Crippen molar-refractivity contribution >= 4 is 34.1 Å². The van der Waals surface area contributed by atoms with Crippen LogP contribution < -0.4 is 10.6 Å². The van der Waals surface area contributed by atoms with Gasteiger partial charge in [0, 0.05) is 11.4 Å². The van der Waals surface area contributed by atoms with E-state index < -0.39 is 0 Å². The van der Waals surface area contributed by atoms with E-state index in [2.05, 4.69) is 23.8 Å². The summed E-state index contributed by atoms with van der Waals surface area (Å²) in [6.45, 7) is 7.41. The summed E-state index contributed by atoms with van der Waals surface area (Å²) in [4.78, 5) is 9.54. The van der Waals surface area contributed by atoms with Crippen LogP contribution in [0.4, 0.5) is 5.69 Å². The van der Waals surface area contributed by atoms with Crippen molar-refractivity contribution in [3.63, 3.8) is 0 Å². The van der Waals surface area contributed by atoms with Crippen molar-refractivity contribution < 1.29 is 8.83 Å². The van der Waals surface area contributed by atoms with Gasteiger partial charge >= 0.3 is 0 Å². The van der Waals surface area contributed by atoms with Gasteiger partial charge in [-0.25, -0.2) is 9.97 Å². The van der Waals surface area contributed by atoms with Gasteiger partial charge in [-0.1, -0.05) is 19.2 Å². The standard InChI is InChI=1S/C23H18N4O2S/c1-3-7-15(4-2)24-23(30)25-16-10-11-17-18(14-16)27-22(20-9-6-13-29-20)21(26-17)19-8-5-12-28-19/h3-14H,1-2H2,(H2,24,25,30)/b15-7+. The SMILES string of the molecule is C=C/C=C(\C=C)NC(=S)Nc1ccc2nc(-c3ccco3)c(-c3ccco3)nc2c1. The van der Waals surface area contributed by atoms with Gasteiger partial charge in [0.15, 0.2) is 16.6 Å². The number of nitrogens with one attached hydrogen (secondary N) is 2. The average Bonchev–Trinajstić information content (AvgIpc) is 3.46. The van der Waals surface area contributed by atoms with Gasteiger partial charge in [0.2, 0.25) is 0 Å². The topological polar surface area (TPSA) is 76.1 Å². The first-order valence-electron chi connectivity index (χ1n) is 9.10. The van der Waals surface area contributed by atoms with Crippen LogP contribution in [0.25, 0.3) is 33.9 Å². The molecule has 6 nitrogen and oxygen atoms in total. The largest absolute Gasteiger partial charge is 0.463 e. The number of benzene rings is 1. The molecule has 0 saturated heterocycles. The lowest BCUT2D eigenvalue weighted by atomic mass is 10.1. The highest BCUT2D eigenvalue weighted by Crippen LogP contribution is 2.32. The van der Waals surface area contributed by atoms with E-state index in [1.165, 1.54) is 0 Å². The minimum Gasteiger partial charge on any atom is -0.463 e. The van der Waals surface area contributed by atoms with Crippen molar-refractivity contribution in [3.8, 4) is 22.9 Å². The summed E-state index contributed by atoms with van der Waals surface area (Å²) in [7, 11) is 0. The van der Waals surface area contributed by atoms with Gasteiger partial charge in [-0.3, -0.25) is 0 Å². The van der Waals surface area contributed by atoms with E-state index in [0.717, 1.165) is 16.9 Å². The Kier molecular flexibility index (Phi) is 5.54. The molecule has 1 aromatic carbocycles. The maximum atomic E-state index is 5.57. The second-order valence-electron chi connectivity index (χ2n) is 6.22. The molecular formula is C23H18N4O2S. The van der Waals surface area contributed by atoms with Crippen LogP contribution in [0.2, 0.25) is 0 Å². The quantitative estimate of drug-likeness (QED) is 0.310. The van der Waals surface area contributed by atoms with Crippen molar-refractivity contribution in [2.24, 2.45) is 0 Å². The maximum Gasteiger partial charge on any atom is 0.175 e. The first-order chi connectivity index (χ1) is 14.7. The third-order valence-electron chi connectivity index (χ3n) is 4.21. The molecule has 0 atom stereocenters. The Hall–Kier alpha value is -3.97. The second-order valence-corrected chi connectivity index (χ2v) is 6.63. The molecule has 0 aliphatic carbocycles. The number of rotatable bonds is 6. The lowest BCUT2D eigenvalue weighted by Crippen LogP contribution is -2.27. The third-order valence-corrected chi connectivity index (χ3v) is 4.41. The molecule has 4 rings (SSSR count). The Labute approximate surface area is 178 Å². The van der Waals surface area contributed by atoms with Crippen molar-refractivity contribution in [1.82, 2.24) is 15.3 Å². The Morgan fingerprint density at radius 3 is 2.17 bits per heavy atom. The third kappa shape index (κ3) is 4.06. The molecule has 0 bridgehead atoms. The minimum absolute atomic E-state index is 0.425. The van der Waals surface area contributed by atoms with Gasteiger partial charge in [0.1, 0.15) is 11.4 Å². The minimum atomic E-state index is 0.425. The molecule has 0 aliphatic heterocycles. The molecule has 148 valence electrons. The van der Waals surface area contributed by atoms with E-state index in [9.17, 15) is 0 Å². The summed E-state index contributed by atoms with van der Waals surface area (Å²) in [6.07, 6.45) is 8.30. The van der Waals surface area contributed by atoms with Gasteiger partial charge in [0.05, 0.1) is 23.6 Å². The molecule has 0 radical (unpaired) electrons. The van der Waals surface area contributed by atoms with Crippen LogP contribution in [-0.2, 0) is 0 Å². The summed E-state index contributed by atoms with van der Waals surface area (Å²) in [5, 5.41) is 6.62. The van der Waals surface area contributed by atoms with E-state index >= 15 is 0 Å². The Balaban J connectivity index is 1.70. The fraction of sp³-hybridized carbons (Fsp3) is 0. The van der Waals surface area contributed by atoms with Gasteiger partial charge in [-0.15, -0.1) is 0 Å². The number of allylic oxidation sites excluding steroid dienone is 3. The molecular weight excluding hydrogens is 396 g/mol. The first-order valence-corrected chi connectivity index (χ1v) is 9.51. The van der Waals surface area contributed by atoms with Gasteiger partial charge in [0.25, 0.3) is 0 Å². The van der Waals surface area contributed by atoms with Crippen LogP contribution >= 0.6 is 12.2 Å². The van der Waals surface area contributed by atoms with Crippen molar-refractivity contribution in [2.45, 2.75) is 0 Å². The molecule has 3 aromatic heterocycles. The summed E-state index contributed by atoms with van der Waals surface area (Å²) in [5.41, 5.74) is 4.14. The monoisotopic (exact) mass is 414 g/mol. The number of thiocarbonyl (C=S) groups is 1. The fourth-order valence-corrected chi connectivity index (χ4v) is 3.12. The number of furan rings is 2. The summed E-state index contributed by atoms with van der Waals surface area (Å²) < 4.78 is 11.1. The predicted octanol–water partition coefficient (Wildman–Crippen LogP) is 5.69. The van der Waals surface area contributed by atoms with Crippen molar-refractivity contribution in [3.05, 3.63) is 92.1 Å². The van der Waals surface area contributed by atoms with Crippen molar-refractivity contribution in [2.75, 3.05) is 5.32 Å². The summed E-state index contributed by atoms with van der Waals surface area (Å²) in [6, 6.07) is 12.9. The zero-order chi connectivity index (χ0) is 20.9. The first kappa shape index (κ1) is 19.4. The normalized spacial score (nSPS) is 11.3. The molecule has 7 heteroatoms. The Morgan fingerprint density at radius 1 is 0.933 bits per heavy atom. The lowest BCUT2D eigenvalue weighted by molar-refractivity contribution is 0.572. The molecule has 0 saturated carbocycles. The van der Waals surface area contributed by atoms with Crippen LogP contribution in [-0.4, -0.2) is 15.1 Å². The zero-order valence-electron chi connectivity index (χ0n) is 16.0. The maximum absolute atomic E-state index is 5.57. The highest BCUT2D eigenvalue weighted by atomic mass is 32.1. The summed E-state index contributed by atoms with van der Waals surface area (Å²) in [5.74, 6) is 1.23. The molecule has 0 unspecified atom stereocenters. The van der Waals surface area contributed by atoms with Crippen LogP contribution in [0.3, 0.4) is 0 Å². The molecule has 30 heavy (non-hydrogen) atoms. The van der Waals surface area contributed by atoms with E-state index in [-0.39, 0.29) is 0 Å². The number of hydrogen-bond donors (Lipinski definition) is 2. The van der Waals surface area contributed by atoms with Crippen LogP contribution in [0, 0.1) is 0 Å². The molecule has 0 amide bonds. The molecule has 0 spiro atoms. The van der Waals surface area contributed by atoms with Crippen LogP contribution in [0.5, 0.6) is 0 Å². The van der Waals surface area contributed by atoms with E-state index in [4.69, 9.17) is 31.0 Å². The second kappa shape index (κ2) is 8.59. The number of aromatic nitrogens is 2. The highest BCUT2D eigenvalue weighted by molar-refractivity contribution is 7.80. The number of hydrogen-bond acceptors (Lipinski definition) is 5. The molecule has 2 N–H and O–H groups in total. The van der Waals surface area contributed by atoms with Gasteiger partial charge < -0.3 is 19.5 Å². The number of anilines is 1. The smallest absolute Gasteiger partial charge is 0.175 e. The fourth-order valence-electron chi connectivity index (χ4n) is 2.88. The van der Waals surface area contributed by atoms with Crippen molar-refractivity contribution in [1.29, 1.82) is 0 Å². The lowest BCUT2D eigenvalue weighted by Gasteiger charge is -2.12. The number of fused-ring (bicyclic) bond motifs is 1. The van der Waals surface area contributed by atoms with E-state index in [1.807, 2.05) is 42.5 Å². The Bertz CT molecular complexity index is 1240. The molecule has 4 aromatic rings. The van der Waals surface area contributed by atoms with Gasteiger partial charge in [-0.2, -0.15) is 0 Å². The van der Waals surface area contributed by atoms with E-state index in [0.29, 0.717) is 33.5 Å². The Morgan fingerprint density at radius 2 is 1.60 bits per heavy atom. The average molecular weight is 414 g/mol.